The van der Waals surface area contributed by atoms with E-state index in [-0.39, 0.29) is 18.0 Å². The van der Waals surface area contributed by atoms with E-state index in [1.54, 1.807) is 31.3 Å². The van der Waals surface area contributed by atoms with Crippen molar-refractivity contribution in [2.75, 3.05) is 20.8 Å². The lowest BCUT2D eigenvalue weighted by molar-refractivity contribution is 0.127. The van der Waals surface area contributed by atoms with Crippen LogP contribution in [0.1, 0.15) is 30.6 Å². The van der Waals surface area contributed by atoms with Crippen molar-refractivity contribution in [2.24, 2.45) is 0 Å². The monoisotopic (exact) mass is 373 g/mol. The predicted octanol–water partition coefficient (Wildman–Crippen LogP) is 4.36. The van der Waals surface area contributed by atoms with E-state index in [2.05, 4.69) is 0 Å². The van der Waals surface area contributed by atoms with Crippen LogP contribution in [-0.4, -0.2) is 37.8 Å². The summed E-state index contributed by atoms with van der Waals surface area (Å²) in [7, 11) is 3.22. The molecule has 0 N–H and O–H groups in total. The van der Waals surface area contributed by atoms with Gasteiger partial charge in [0.05, 0.1) is 20.8 Å². The number of cyclic esters (lactones) is 1. The molecule has 1 fully saturated rings. The van der Waals surface area contributed by atoms with Gasteiger partial charge in [-0.3, -0.25) is 0 Å². The molecule has 0 radical (unpaired) electrons. The summed E-state index contributed by atoms with van der Waals surface area (Å²) in [4.78, 5) is 14.2. The first-order valence-electron chi connectivity index (χ1n) is 8.99. The highest BCUT2D eigenvalue weighted by Crippen LogP contribution is 2.32. The molecule has 3 rings (SSSR count). The molecule has 0 spiro atoms. The minimum absolute atomic E-state index is 0.0432. The van der Waals surface area contributed by atoms with Gasteiger partial charge in [-0.1, -0.05) is 25.1 Å². The predicted molar refractivity (Wildman–Crippen MR) is 99.7 cm³/mol. The van der Waals surface area contributed by atoms with Crippen LogP contribution in [-0.2, 0) is 11.2 Å². The summed E-state index contributed by atoms with van der Waals surface area (Å²) in [6.45, 7) is 2.43. The van der Waals surface area contributed by atoms with Gasteiger partial charge in [0.25, 0.3) is 0 Å². The number of hydrogen-bond donors (Lipinski definition) is 0. The standard InChI is InChI=1S/C21H24FNO4/c1-4-17(11-15-8-9-18(25-2)12-19(15)26-3)23-13-20(27-21(23)24)14-6-5-7-16(22)10-14/h5-10,12,17,20H,4,11,13H2,1-3H3/t17-,20+/m1/s1. The largest absolute Gasteiger partial charge is 0.497 e. The highest BCUT2D eigenvalue weighted by atomic mass is 19.1. The number of ether oxygens (including phenoxy) is 3. The van der Waals surface area contributed by atoms with Gasteiger partial charge in [0.1, 0.15) is 23.4 Å². The van der Waals surface area contributed by atoms with Crippen LogP contribution in [0.15, 0.2) is 42.5 Å². The van der Waals surface area contributed by atoms with E-state index in [9.17, 15) is 9.18 Å². The summed E-state index contributed by atoms with van der Waals surface area (Å²) in [5, 5.41) is 0. The van der Waals surface area contributed by atoms with Gasteiger partial charge in [0, 0.05) is 12.1 Å². The molecule has 1 heterocycles. The average Bonchev–Trinajstić information content (AvgIpc) is 3.07. The Morgan fingerprint density at radius 3 is 2.70 bits per heavy atom. The number of hydrogen-bond acceptors (Lipinski definition) is 4. The van der Waals surface area contributed by atoms with Crippen LogP contribution in [0.3, 0.4) is 0 Å². The van der Waals surface area contributed by atoms with E-state index < -0.39 is 6.10 Å². The van der Waals surface area contributed by atoms with Crippen LogP contribution in [0.4, 0.5) is 9.18 Å². The lowest BCUT2D eigenvalue weighted by Gasteiger charge is -2.25. The molecule has 1 aliphatic rings. The van der Waals surface area contributed by atoms with Crippen molar-refractivity contribution in [2.45, 2.75) is 31.9 Å². The molecule has 2 atom stereocenters. The van der Waals surface area contributed by atoms with Gasteiger partial charge in [-0.2, -0.15) is 0 Å². The number of methoxy groups -OCH3 is 2. The van der Waals surface area contributed by atoms with Crippen LogP contribution in [0.2, 0.25) is 0 Å². The summed E-state index contributed by atoms with van der Waals surface area (Å²) in [5.74, 6) is 1.11. The van der Waals surface area contributed by atoms with E-state index in [1.807, 2.05) is 25.1 Å². The molecule has 0 aromatic heterocycles. The first kappa shape index (κ1) is 19.0. The molecular formula is C21H24FNO4. The zero-order chi connectivity index (χ0) is 19.4. The fourth-order valence-electron chi connectivity index (χ4n) is 3.41. The Labute approximate surface area is 158 Å². The molecular weight excluding hydrogens is 349 g/mol. The van der Waals surface area contributed by atoms with Crippen molar-refractivity contribution in [3.8, 4) is 11.5 Å². The third-order valence-corrected chi connectivity index (χ3v) is 4.92. The van der Waals surface area contributed by atoms with Crippen molar-refractivity contribution in [3.63, 3.8) is 0 Å². The highest BCUT2D eigenvalue weighted by molar-refractivity contribution is 5.70. The van der Waals surface area contributed by atoms with Gasteiger partial charge in [-0.15, -0.1) is 0 Å². The van der Waals surface area contributed by atoms with E-state index in [0.717, 1.165) is 23.5 Å². The molecule has 27 heavy (non-hydrogen) atoms. The zero-order valence-electron chi connectivity index (χ0n) is 15.8. The van der Waals surface area contributed by atoms with Gasteiger partial charge in [0.15, 0.2) is 0 Å². The van der Waals surface area contributed by atoms with Crippen molar-refractivity contribution >= 4 is 6.09 Å². The molecule has 2 aromatic rings. The highest BCUT2D eigenvalue weighted by Gasteiger charge is 2.36. The number of halogens is 1. The topological polar surface area (TPSA) is 48.0 Å². The van der Waals surface area contributed by atoms with Crippen LogP contribution in [0.5, 0.6) is 11.5 Å². The third kappa shape index (κ3) is 4.15. The maximum absolute atomic E-state index is 13.5. The fourth-order valence-corrected chi connectivity index (χ4v) is 3.41. The van der Waals surface area contributed by atoms with Gasteiger partial charge in [-0.05, 0) is 42.2 Å². The summed E-state index contributed by atoms with van der Waals surface area (Å²) in [5.41, 5.74) is 1.66. The smallest absolute Gasteiger partial charge is 0.410 e. The Bertz CT molecular complexity index is 811. The molecule has 1 saturated heterocycles. The maximum atomic E-state index is 13.5. The molecule has 6 heteroatoms. The van der Waals surface area contributed by atoms with Crippen molar-refractivity contribution in [3.05, 3.63) is 59.4 Å². The maximum Gasteiger partial charge on any atom is 0.410 e. The van der Waals surface area contributed by atoms with Crippen molar-refractivity contribution in [1.29, 1.82) is 0 Å². The van der Waals surface area contributed by atoms with Crippen LogP contribution in [0, 0.1) is 5.82 Å². The molecule has 1 amide bonds. The van der Waals surface area contributed by atoms with Crippen molar-refractivity contribution < 1.29 is 23.4 Å². The second kappa shape index (κ2) is 8.29. The molecule has 144 valence electrons. The van der Waals surface area contributed by atoms with Crippen LogP contribution in [0.25, 0.3) is 0 Å². The quantitative estimate of drug-likeness (QED) is 0.724. The molecule has 5 nitrogen and oxygen atoms in total. The van der Waals surface area contributed by atoms with Crippen molar-refractivity contribution in [1.82, 2.24) is 4.90 Å². The summed E-state index contributed by atoms with van der Waals surface area (Å²) in [6.07, 6.45) is 0.568. The van der Waals surface area contributed by atoms with E-state index in [1.165, 1.54) is 12.1 Å². The normalized spacial score (nSPS) is 17.6. The second-order valence-corrected chi connectivity index (χ2v) is 6.52. The first-order valence-corrected chi connectivity index (χ1v) is 8.99. The Balaban J connectivity index is 1.77. The van der Waals surface area contributed by atoms with Gasteiger partial charge in [-0.25, -0.2) is 9.18 Å². The lowest BCUT2D eigenvalue weighted by atomic mass is 10.0. The molecule has 0 saturated carbocycles. The summed E-state index contributed by atoms with van der Waals surface area (Å²) in [6, 6.07) is 11.8. The zero-order valence-corrected chi connectivity index (χ0v) is 15.8. The number of amides is 1. The first-order chi connectivity index (χ1) is 13.0. The summed E-state index contributed by atoms with van der Waals surface area (Å²) >= 11 is 0. The Morgan fingerprint density at radius 1 is 1.22 bits per heavy atom. The van der Waals surface area contributed by atoms with Gasteiger partial charge >= 0.3 is 6.09 Å². The average molecular weight is 373 g/mol. The summed E-state index contributed by atoms with van der Waals surface area (Å²) < 4.78 is 29.7. The molecule has 0 unspecified atom stereocenters. The van der Waals surface area contributed by atoms with E-state index >= 15 is 0 Å². The Morgan fingerprint density at radius 2 is 2.04 bits per heavy atom. The Hall–Kier alpha value is -2.76. The molecule has 1 aliphatic heterocycles. The third-order valence-electron chi connectivity index (χ3n) is 4.92. The minimum Gasteiger partial charge on any atom is -0.497 e. The molecule has 2 aromatic carbocycles. The number of rotatable bonds is 7. The van der Waals surface area contributed by atoms with Crippen LogP contribution >= 0.6 is 0 Å². The second-order valence-electron chi connectivity index (χ2n) is 6.52. The Kier molecular flexibility index (Phi) is 5.84. The fraction of sp³-hybridized carbons (Fsp3) is 0.381. The SMILES string of the molecule is CC[C@H](Cc1ccc(OC)cc1OC)N1C[C@@H](c2cccc(F)c2)OC1=O. The number of nitrogens with zero attached hydrogens (tertiary/aromatic N) is 1. The van der Waals surface area contributed by atoms with Gasteiger partial charge < -0.3 is 19.1 Å². The van der Waals surface area contributed by atoms with E-state index in [0.29, 0.717) is 18.5 Å². The van der Waals surface area contributed by atoms with E-state index in [4.69, 9.17) is 14.2 Å². The number of carbonyl (C=O) groups excluding carboxylic acids is 1. The lowest BCUT2D eigenvalue weighted by Crippen LogP contribution is -2.37. The molecule has 0 aliphatic carbocycles. The number of carbonyl (C=O) groups is 1. The minimum atomic E-state index is -0.458. The number of benzene rings is 2. The molecule has 0 bridgehead atoms. The van der Waals surface area contributed by atoms with Gasteiger partial charge in [0.2, 0.25) is 0 Å². The van der Waals surface area contributed by atoms with Crippen LogP contribution < -0.4 is 9.47 Å².